The van der Waals surface area contributed by atoms with E-state index in [-0.39, 0.29) is 0 Å². The number of anilines is 2. The van der Waals surface area contributed by atoms with Gasteiger partial charge >= 0.3 is 0 Å². The van der Waals surface area contributed by atoms with Crippen LogP contribution in [0.2, 0.25) is 0 Å². The van der Waals surface area contributed by atoms with Gasteiger partial charge in [-0.15, -0.1) is 0 Å². The molecular weight excluding hydrogens is 316 g/mol. The average Bonchev–Trinajstić information content (AvgIpc) is 2.72. The second-order valence-electron chi connectivity index (χ2n) is 8.49. The third-order valence-electron chi connectivity index (χ3n) is 6.47. The zero-order valence-corrected chi connectivity index (χ0v) is 17.3. The molecule has 0 amide bonds. The van der Waals surface area contributed by atoms with Crippen LogP contribution in [0, 0.1) is 0 Å². The van der Waals surface area contributed by atoms with Crippen LogP contribution in [-0.4, -0.2) is 25.2 Å². The van der Waals surface area contributed by atoms with Gasteiger partial charge in [-0.05, 0) is 62.8 Å². The molecule has 2 aliphatic rings. The Morgan fingerprint density at radius 1 is 0.615 bits per heavy atom. The summed E-state index contributed by atoms with van der Waals surface area (Å²) in [6, 6.07) is 11.2. The first-order chi connectivity index (χ1) is 12.8. The molecule has 2 heteroatoms. The van der Waals surface area contributed by atoms with Gasteiger partial charge in [0.15, 0.2) is 0 Å². The molecule has 2 nitrogen and oxygen atoms in total. The molecule has 146 valence electrons. The Hall–Kier alpha value is -1.18. The zero-order valence-electron chi connectivity index (χ0n) is 17.3. The van der Waals surface area contributed by atoms with Crippen LogP contribution in [0.25, 0.3) is 0 Å². The SMILES string of the molecule is CCCN(c1ccc(N(CCC)C2CCCCC2)cc1)C1CCCCC1. The van der Waals surface area contributed by atoms with E-state index < -0.39 is 0 Å². The van der Waals surface area contributed by atoms with E-state index in [9.17, 15) is 0 Å². The average molecular weight is 357 g/mol. The van der Waals surface area contributed by atoms with E-state index in [1.165, 1.54) is 102 Å². The smallest absolute Gasteiger partial charge is 0.0370 e. The minimum Gasteiger partial charge on any atom is -0.369 e. The summed E-state index contributed by atoms with van der Waals surface area (Å²) >= 11 is 0. The summed E-state index contributed by atoms with van der Waals surface area (Å²) in [5, 5.41) is 0. The largest absolute Gasteiger partial charge is 0.369 e. The van der Waals surface area contributed by atoms with Crippen LogP contribution in [0.15, 0.2) is 24.3 Å². The summed E-state index contributed by atoms with van der Waals surface area (Å²) in [5.41, 5.74) is 2.89. The van der Waals surface area contributed by atoms with Gasteiger partial charge in [-0.1, -0.05) is 52.4 Å². The fourth-order valence-electron chi connectivity index (χ4n) is 5.15. The maximum absolute atomic E-state index is 2.70. The fraction of sp³-hybridized carbons (Fsp3) is 0.750. The molecule has 0 radical (unpaired) electrons. The molecule has 0 aromatic heterocycles. The quantitative estimate of drug-likeness (QED) is 0.506. The lowest BCUT2D eigenvalue weighted by atomic mass is 9.93. The minimum atomic E-state index is 0.764. The Labute approximate surface area is 162 Å². The molecule has 0 heterocycles. The Bertz CT molecular complexity index is 450. The molecular formula is C24H40N2. The second kappa shape index (κ2) is 10.2. The Balaban J connectivity index is 1.73. The van der Waals surface area contributed by atoms with Crippen LogP contribution in [0.5, 0.6) is 0 Å². The lowest BCUT2D eigenvalue weighted by Crippen LogP contribution is -2.38. The zero-order chi connectivity index (χ0) is 18.2. The predicted molar refractivity (Wildman–Crippen MR) is 115 cm³/mol. The lowest BCUT2D eigenvalue weighted by Gasteiger charge is -2.38. The minimum absolute atomic E-state index is 0.764. The van der Waals surface area contributed by atoms with Crippen LogP contribution in [0.4, 0.5) is 11.4 Å². The molecule has 0 N–H and O–H groups in total. The van der Waals surface area contributed by atoms with E-state index in [1.807, 2.05) is 0 Å². The number of hydrogen-bond donors (Lipinski definition) is 0. The number of hydrogen-bond acceptors (Lipinski definition) is 2. The fourth-order valence-corrected chi connectivity index (χ4v) is 5.15. The molecule has 26 heavy (non-hydrogen) atoms. The monoisotopic (exact) mass is 356 g/mol. The molecule has 0 atom stereocenters. The molecule has 1 aromatic carbocycles. The summed E-state index contributed by atoms with van der Waals surface area (Å²) in [4.78, 5) is 5.40. The first-order valence-corrected chi connectivity index (χ1v) is 11.5. The summed E-state index contributed by atoms with van der Waals surface area (Å²) in [7, 11) is 0. The van der Waals surface area contributed by atoms with Gasteiger partial charge in [-0.2, -0.15) is 0 Å². The first-order valence-electron chi connectivity index (χ1n) is 11.5. The van der Waals surface area contributed by atoms with Crippen molar-refractivity contribution >= 4 is 11.4 Å². The highest BCUT2D eigenvalue weighted by Crippen LogP contribution is 2.31. The van der Waals surface area contributed by atoms with Crippen molar-refractivity contribution in [2.75, 3.05) is 22.9 Å². The summed E-state index contributed by atoms with van der Waals surface area (Å²) in [5.74, 6) is 0. The van der Waals surface area contributed by atoms with Gasteiger partial charge < -0.3 is 9.80 Å². The first kappa shape index (κ1) is 19.6. The Kier molecular flexibility index (Phi) is 7.70. The molecule has 0 aliphatic heterocycles. The summed E-state index contributed by atoms with van der Waals surface area (Å²) in [6.07, 6.45) is 16.5. The molecule has 1 aromatic rings. The summed E-state index contributed by atoms with van der Waals surface area (Å²) in [6.45, 7) is 7.03. The number of rotatable bonds is 8. The van der Waals surface area contributed by atoms with E-state index >= 15 is 0 Å². The van der Waals surface area contributed by atoms with E-state index in [0.717, 1.165) is 12.1 Å². The van der Waals surface area contributed by atoms with Gasteiger partial charge in [0.05, 0.1) is 0 Å². The van der Waals surface area contributed by atoms with Gasteiger partial charge in [0.1, 0.15) is 0 Å². The highest BCUT2D eigenvalue weighted by Gasteiger charge is 2.23. The van der Waals surface area contributed by atoms with Crippen molar-refractivity contribution in [3.63, 3.8) is 0 Å². The molecule has 0 spiro atoms. The highest BCUT2D eigenvalue weighted by molar-refractivity contribution is 5.57. The lowest BCUT2D eigenvalue weighted by molar-refractivity contribution is 0.413. The van der Waals surface area contributed by atoms with Gasteiger partial charge in [0.2, 0.25) is 0 Å². The second-order valence-corrected chi connectivity index (χ2v) is 8.49. The van der Waals surface area contributed by atoms with Gasteiger partial charge in [-0.3, -0.25) is 0 Å². The van der Waals surface area contributed by atoms with Crippen LogP contribution in [-0.2, 0) is 0 Å². The number of nitrogens with zero attached hydrogens (tertiary/aromatic N) is 2. The van der Waals surface area contributed by atoms with Crippen LogP contribution in [0.3, 0.4) is 0 Å². The van der Waals surface area contributed by atoms with Gasteiger partial charge in [-0.25, -0.2) is 0 Å². The van der Waals surface area contributed by atoms with E-state index in [0.29, 0.717) is 0 Å². The predicted octanol–water partition coefficient (Wildman–Crippen LogP) is 6.78. The highest BCUT2D eigenvalue weighted by atomic mass is 15.2. The van der Waals surface area contributed by atoms with Gasteiger partial charge in [0.25, 0.3) is 0 Å². The van der Waals surface area contributed by atoms with E-state index in [1.54, 1.807) is 0 Å². The molecule has 0 saturated heterocycles. The van der Waals surface area contributed by atoms with Gasteiger partial charge in [0, 0.05) is 36.5 Å². The third kappa shape index (κ3) is 4.96. The molecule has 0 bridgehead atoms. The van der Waals surface area contributed by atoms with Crippen molar-refractivity contribution in [2.45, 2.75) is 103 Å². The summed E-state index contributed by atoms with van der Waals surface area (Å²) < 4.78 is 0. The molecule has 2 fully saturated rings. The topological polar surface area (TPSA) is 6.48 Å². The molecule has 2 aliphatic carbocycles. The Morgan fingerprint density at radius 2 is 0.962 bits per heavy atom. The van der Waals surface area contributed by atoms with Crippen LogP contribution >= 0.6 is 0 Å². The van der Waals surface area contributed by atoms with E-state index in [2.05, 4.69) is 47.9 Å². The normalized spacial score (nSPS) is 19.5. The maximum atomic E-state index is 2.70. The molecule has 0 unspecified atom stereocenters. The standard InChI is InChI=1S/C24H40N2/c1-3-19-25(21-11-7-5-8-12-21)23-15-17-24(18-16-23)26(20-4-2)22-13-9-6-10-14-22/h15-18,21-22H,3-14,19-20H2,1-2H3. The van der Waals surface area contributed by atoms with Crippen molar-refractivity contribution in [3.8, 4) is 0 Å². The van der Waals surface area contributed by atoms with Crippen molar-refractivity contribution in [1.29, 1.82) is 0 Å². The van der Waals surface area contributed by atoms with E-state index in [4.69, 9.17) is 0 Å². The van der Waals surface area contributed by atoms with Crippen molar-refractivity contribution in [3.05, 3.63) is 24.3 Å². The van der Waals surface area contributed by atoms with Crippen LogP contribution in [0.1, 0.15) is 90.9 Å². The molecule has 3 rings (SSSR count). The maximum Gasteiger partial charge on any atom is 0.0370 e. The van der Waals surface area contributed by atoms with Crippen molar-refractivity contribution < 1.29 is 0 Å². The van der Waals surface area contributed by atoms with Crippen molar-refractivity contribution in [1.82, 2.24) is 0 Å². The van der Waals surface area contributed by atoms with Crippen molar-refractivity contribution in [2.24, 2.45) is 0 Å². The molecule has 2 saturated carbocycles. The van der Waals surface area contributed by atoms with Crippen LogP contribution < -0.4 is 9.80 Å². The Morgan fingerprint density at radius 3 is 1.27 bits per heavy atom. The third-order valence-corrected chi connectivity index (χ3v) is 6.47. The number of benzene rings is 1.